The Morgan fingerprint density at radius 1 is 1.25 bits per heavy atom. The summed E-state index contributed by atoms with van der Waals surface area (Å²) >= 11 is 0. The summed E-state index contributed by atoms with van der Waals surface area (Å²) in [5, 5.41) is 12.1. The number of nitrogens with zero attached hydrogens (tertiary/aromatic N) is 1. The number of carbonyl (C=O) groups excluding carboxylic acids is 1. The van der Waals surface area contributed by atoms with Gasteiger partial charge in [-0.1, -0.05) is 12.8 Å². The van der Waals surface area contributed by atoms with Crippen molar-refractivity contribution in [2.24, 2.45) is 5.92 Å². The largest absolute Gasteiger partial charge is 0.481 e. The van der Waals surface area contributed by atoms with E-state index in [0.29, 0.717) is 19.3 Å². The van der Waals surface area contributed by atoms with E-state index in [1.807, 2.05) is 12.1 Å². The zero-order valence-corrected chi connectivity index (χ0v) is 11.4. The van der Waals surface area contributed by atoms with Crippen molar-refractivity contribution in [1.82, 2.24) is 10.3 Å². The van der Waals surface area contributed by atoms with E-state index in [-0.39, 0.29) is 11.9 Å². The first-order valence-corrected chi connectivity index (χ1v) is 7.08. The molecule has 0 bridgehead atoms. The van der Waals surface area contributed by atoms with Crippen LogP contribution in [0.4, 0.5) is 0 Å². The summed E-state index contributed by atoms with van der Waals surface area (Å²) in [5.41, 5.74) is 1.06. The topological polar surface area (TPSA) is 79.3 Å². The number of hydrogen-bond donors (Lipinski definition) is 2. The first-order valence-electron chi connectivity index (χ1n) is 7.08. The van der Waals surface area contributed by atoms with Gasteiger partial charge in [0.1, 0.15) is 0 Å². The van der Waals surface area contributed by atoms with E-state index in [9.17, 15) is 14.7 Å². The van der Waals surface area contributed by atoms with Crippen LogP contribution in [0.2, 0.25) is 0 Å². The molecular weight excluding hydrogens is 256 g/mol. The third-order valence-corrected chi connectivity index (χ3v) is 3.82. The lowest BCUT2D eigenvalue weighted by atomic mass is 9.84. The fourth-order valence-corrected chi connectivity index (χ4v) is 2.69. The summed E-state index contributed by atoms with van der Waals surface area (Å²) in [4.78, 5) is 27.0. The summed E-state index contributed by atoms with van der Waals surface area (Å²) in [6, 6.07) is 3.55. The first-order chi connectivity index (χ1) is 9.66. The number of carboxylic acid groups (broad SMARTS) is 1. The molecule has 1 aromatic heterocycles. The highest BCUT2D eigenvalue weighted by Gasteiger charge is 2.31. The van der Waals surface area contributed by atoms with E-state index in [1.54, 1.807) is 12.4 Å². The molecule has 20 heavy (non-hydrogen) atoms. The second-order valence-electron chi connectivity index (χ2n) is 5.26. The minimum atomic E-state index is -0.802. The number of aryl methyl sites for hydroxylation is 1. The fraction of sp³-hybridized carbons (Fsp3) is 0.533. The molecule has 2 N–H and O–H groups in total. The molecule has 5 heteroatoms. The van der Waals surface area contributed by atoms with Crippen molar-refractivity contribution in [2.75, 3.05) is 0 Å². The zero-order chi connectivity index (χ0) is 14.4. The van der Waals surface area contributed by atoms with Crippen LogP contribution in [0.25, 0.3) is 0 Å². The van der Waals surface area contributed by atoms with Crippen molar-refractivity contribution in [3.63, 3.8) is 0 Å². The van der Waals surface area contributed by atoms with Gasteiger partial charge in [0.15, 0.2) is 0 Å². The van der Waals surface area contributed by atoms with Gasteiger partial charge < -0.3 is 10.4 Å². The number of nitrogens with one attached hydrogen (secondary N) is 1. The monoisotopic (exact) mass is 276 g/mol. The van der Waals surface area contributed by atoms with Gasteiger partial charge in [-0.25, -0.2) is 0 Å². The third-order valence-electron chi connectivity index (χ3n) is 3.82. The van der Waals surface area contributed by atoms with Crippen LogP contribution < -0.4 is 5.32 Å². The molecule has 1 aliphatic carbocycles. The Morgan fingerprint density at radius 3 is 2.65 bits per heavy atom. The smallest absolute Gasteiger partial charge is 0.308 e. The van der Waals surface area contributed by atoms with Crippen LogP contribution in [0.5, 0.6) is 0 Å². The van der Waals surface area contributed by atoms with Gasteiger partial charge >= 0.3 is 5.97 Å². The summed E-state index contributed by atoms with van der Waals surface area (Å²) in [5.74, 6) is -1.31. The number of aliphatic carboxylic acids is 1. The van der Waals surface area contributed by atoms with E-state index < -0.39 is 11.9 Å². The molecule has 2 unspecified atom stereocenters. The van der Waals surface area contributed by atoms with Crippen LogP contribution in [0.15, 0.2) is 24.5 Å². The van der Waals surface area contributed by atoms with Crippen LogP contribution in [-0.4, -0.2) is 28.0 Å². The Balaban J connectivity index is 1.82. The number of amides is 1. The molecule has 1 amide bonds. The van der Waals surface area contributed by atoms with Crippen molar-refractivity contribution >= 4 is 11.9 Å². The molecule has 1 fully saturated rings. The van der Waals surface area contributed by atoms with Crippen LogP contribution in [0.3, 0.4) is 0 Å². The number of carboxylic acids is 1. The standard InChI is InChI=1S/C15H20N2O3/c18-14(6-5-11-7-9-16-10-8-11)17-13-4-2-1-3-12(13)15(19)20/h7-10,12-13H,1-6H2,(H,17,18)(H,19,20). The van der Waals surface area contributed by atoms with Crippen molar-refractivity contribution in [3.8, 4) is 0 Å². The summed E-state index contributed by atoms with van der Waals surface area (Å²) in [7, 11) is 0. The van der Waals surface area contributed by atoms with Gasteiger partial charge in [-0.05, 0) is 37.0 Å². The molecule has 0 radical (unpaired) electrons. The molecular formula is C15H20N2O3. The van der Waals surface area contributed by atoms with Crippen LogP contribution in [0.1, 0.15) is 37.7 Å². The lowest BCUT2D eigenvalue weighted by Gasteiger charge is -2.29. The lowest BCUT2D eigenvalue weighted by molar-refractivity contribution is -0.144. The molecule has 0 spiro atoms. The molecule has 1 heterocycles. The van der Waals surface area contributed by atoms with Crippen molar-refractivity contribution < 1.29 is 14.7 Å². The Labute approximate surface area is 118 Å². The molecule has 2 atom stereocenters. The minimum Gasteiger partial charge on any atom is -0.481 e. The van der Waals surface area contributed by atoms with Gasteiger partial charge in [0.25, 0.3) is 0 Å². The highest BCUT2D eigenvalue weighted by Crippen LogP contribution is 2.24. The van der Waals surface area contributed by atoms with E-state index in [1.165, 1.54) is 0 Å². The zero-order valence-electron chi connectivity index (χ0n) is 11.4. The number of aromatic nitrogens is 1. The molecule has 5 nitrogen and oxygen atoms in total. The van der Waals surface area contributed by atoms with Gasteiger partial charge in [-0.2, -0.15) is 0 Å². The fourth-order valence-electron chi connectivity index (χ4n) is 2.69. The second kappa shape index (κ2) is 7.03. The lowest BCUT2D eigenvalue weighted by Crippen LogP contribution is -2.45. The van der Waals surface area contributed by atoms with E-state index in [2.05, 4.69) is 10.3 Å². The molecule has 1 aliphatic rings. The molecule has 1 aromatic rings. The van der Waals surface area contributed by atoms with Gasteiger partial charge in [0.2, 0.25) is 5.91 Å². The van der Waals surface area contributed by atoms with Crippen LogP contribution in [0, 0.1) is 5.92 Å². The number of hydrogen-bond acceptors (Lipinski definition) is 3. The third kappa shape index (κ3) is 4.05. The van der Waals surface area contributed by atoms with Gasteiger partial charge in [-0.15, -0.1) is 0 Å². The molecule has 0 saturated heterocycles. The average molecular weight is 276 g/mol. The van der Waals surface area contributed by atoms with Crippen LogP contribution >= 0.6 is 0 Å². The Morgan fingerprint density at radius 2 is 1.95 bits per heavy atom. The first kappa shape index (κ1) is 14.5. The number of pyridine rings is 1. The molecule has 108 valence electrons. The molecule has 0 aliphatic heterocycles. The predicted molar refractivity (Wildman–Crippen MR) is 74.1 cm³/mol. The quantitative estimate of drug-likeness (QED) is 0.859. The van der Waals surface area contributed by atoms with Crippen molar-refractivity contribution in [2.45, 2.75) is 44.6 Å². The van der Waals surface area contributed by atoms with E-state index in [4.69, 9.17) is 0 Å². The van der Waals surface area contributed by atoms with Gasteiger partial charge in [0.05, 0.1) is 5.92 Å². The van der Waals surface area contributed by atoms with Gasteiger partial charge in [0, 0.05) is 24.9 Å². The summed E-state index contributed by atoms with van der Waals surface area (Å²) < 4.78 is 0. The van der Waals surface area contributed by atoms with Gasteiger partial charge in [-0.3, -0.25) is 14.6 Å². The highest BCUT2D eigenvalue weighted by atomic mass is 16.4. The maximum absolute atomic E-state index is 11.9. The molecule has 1 saturated carbocycles. The summed E-state index contributed by atoms with van der Waals surface area (Å²) in [6.45, 7) is 0. The predicted octanol–water partition coefficient (Wildman–Crippen LogP) is 1.77. The Bertz CT molecular complexity index is 461. The Hall–Kier alpha value is -1.91. The number of rotatable bonds is 5. The van der Waals surface area contributed by atoms with Crippen LogP contribution in [-0.2, 0) is 16.0 Å². The minimum absolute atomic E-state index is 0.0695. The average Bonchev–Trinajstić information content (AvgIpc) is 2.46. The second-order valence-corrected chi connectivity index (χ2v) is 5.26. The van der Waals surface area contributed by atoms with E-state index in [0.717, 1.165) is 24.8 Å². The van der Waals surface area contributed by atoms with Crippen molar-refractivity contribution in [1.29, 1.82) is 0 Å². The Kier molecular flexibility index (Phi) is 5.09. The molecule has 2 rings (SSSR count). The number of carbonyl (C=O) groups is 2. The van der Waals surface area contributed by atoms with Crippen molar-refractivity contribution in [3.05, 3.63) is 30.1 Å². The SMILES string of the molecule is O=C(CCc1ccncc1)NC1CCCCC1C(=O)O. The maximum Gasteiger partial charge on any atom is 0.308 e. The molecule has 0 aromatic carbocycles. The summed E-state index contributed by atoms with van der Waals surface area (Å²) in [6.07, 6.45) is 7.78. The highest BCUT2D eigenvalue weighted by molar-refractivity contribution is 5.78. The maximum atomic E-state index is 11.9. The van der Waals surface area contributed by atoms with E-state index >= 15 is 0 Å². The normalized spacial score (nSPS) is 22.2.